The number of carbonyl (C=O) groups is 1. The second kappa shape index (κ2) is 4.40. The van der Waals surface area contributed by atoms with Crippen molar-refractivity contribution in [1.82, 2.24) is 0 Å². The zero-order chi connectivity index (χ0) is 12.5. The van der Waals surface area contributed by atoms with Gasteiger partial charge in [-0.2, -0.15) is 5.26 Å². The Balaban J connectivity index is 2.30. The van der Waals surface area contributed by atoms with E-state index < -0.39 is 17.4 Å². The van der Waals surface area contributed by atoms with E-state index in [9.17, 15) is 18.8 Å². The molecule has 0 N–H and O–H groups in total. The van der Waals surface area contributed by atoms with Crippen LogP contribution in [-0.2, 0) is 4.79 Å². The first-order valence-electron chi connectivity index (χ1n) is 5.71. The van der Waals surface area contributed by atoms with Crippen molar-refractivity contribution in [2.75, 3.05) is 0 Å². The number of nitriles is 1. The first kappa shape index (κ1) is 12.0. The molecule has 0 aliphatic heterocycles. The summed E-state index contributed by atoms with van der Waals surface area (Å²) in [4.78, 5) is 11.2. The van der Waals surface area contributed by atoms with Gasteiger partial charge in [-0.05, 0) is 30.6 Å². The molecule has 1 unspecified atom stereocenters. The molecule has 0 bridgehead atoms. The molecule has 1 fully saturated rings. The third-order valence-electron chi connectivity index (χ3n) is 3.49. The van der Waals surface area contributed by atoms with Crippen LogP contribution in [0.5, 0.6) is 0 Å². The van der Waals surface area contributed by atoms with E-state index >= 15 is 0 Å². The Hall–Kier alpha value is -1.50. The van der Waals surface area contributed by atoms with Crippen molar-refractivity contribution in [2.24, 2.45) is 5.41 Å². The SMILES string of the molecule is N#CC1(C2=CC(F)CC(F)=C2)CCC(=O)CC1. The van der Waals surface area contributed by atoms with E-state index in [1.807, 2.05) is 0 Å². The van der Waals surface area contributed by atoms with E-state index in [0.29, 0.717) is 31.3 Å². The van der Waals surface area contributed by atoms with Crippen LogP contribution in [-0.4, -0.2) is 12.0 Å². The van der Waals surface area contributed by atoms with Gasteiger partial charge >= 0.3 is 0 Å². The summed E-state index contributed by atoms with van der Waals surface area (Å²) in [5.41, 5.74) is -0.473. The van der Waals surface area contributed by atoms with Crippen molar-refractivity contribution in [3.8, 4) is 6.07 Å². The van der Waals surface area contributed by atoms with E-state index in [0.717, 1.165) is 0 Å². The highest BCUT2D eigenvalue weighted by Gasteiger charge is 2.39. The van der Waals surface area contributed by atoms with Crippen LogP contribution in [0.2, 0.25) is 0 Å². The predicted octanol–water partition coefficient (Wildman–Crippen LogP) is 3.16. The third-order valence-corrected chi connectivity index (χ3v) is 3.49. The minimum Gasteiger partial charge on any atom is -0.300 e. The molecule has 0 aromatic rings. The van der Waals surface area contributed by atoms with Crippen molar-refractivity contribution in [3.05, 3.63) is 23.6 Å². The molecule has 0 saturated heterocycles. The number of hydrogen-bond donors (Lipinski definition) is 0. The highest BCUT2D eigenvalue weighted by atomic mass is 19.1. The van der Waals surface area contributed by atoms with Gasteiger partial charge in [-0.3, -0.25) is 4.79 Å². The van der Waals surface area contributed by atoms with Crippen molar-refractivity contribution in [3.63, 3.8) is 0 Å². The van der Waals surface area contributed by atoms with Gasteiger partial charge < -0.3 is 0 Å². The molecule has 17 heavy (non-hydrogen) atoms. The number of carbonyl (C=O) groups excluding carboxylic acids is 1. The highest BCUT2D eigenvalue weighted by Crippen LogP contribution is 2.43. The van der Waals surface area contributed by atoms with Gasteiger partial charge in [-0.1, -0.05) is 0 Å². The Morgan fingerprint density at radius 3 is 2.59 bits per heavy atom. The summed E-state index contributed by atoms with van der Waals surface area (Å²) in [6.45, 7) is 0. The van der Waals surface area contributed by atoms with E-state index in [2.05, 4.69) is 6.07 Å². The fraction of sp³-hybridized carbons (Fsp3) is 0.538. The normalized spacial score (nSPS) is 28.1. The predicted molar refractivity (Wildman–Crippen MR) is 58.3 cm³/mol. The van der Waals surface area contributed by atoms with E-state index in [-0.39, 0.29) is 12.2 Å². The smallest absolute Gasteiger partial charge is 0.133 e. The third kappa shape index (κ3) is 2.28. The Bertz CT molecular complexity index is 435. The number of halogens is 2. The quantitative estimate of drug-likeness (QED) is 0.702. The zero-order valence-electron chi connectivity index (χ0n) is 9.38. The molecule has 2 aliphatic rings. The lowest BCUT2D eigenvalue weighted by atomic mass is 9.68. The van der Waals surface area contributed by atoms with Crippen molar-refractivity contribution in [2.45, 2.75) is 38.3 Å². The summed E-state index contributed by atoms with van der Waals surface area (Å²) >= 11 is 0. The molecule has 0 amide bonds. The maximum absolute atomic E-state index is 13.3. The summed E-state index contributed by atoms with van der Waals surface area (Å²) in [6, 6.07) is 2.15. The number of allylic oxidation sites excluding steroid dienone is 4. The molecule has 0 aromatic carbocycles. The molecule has 1 atom stereocenters. The number of alkyl halides is 1. The molecule has 2 aliphatic carbocycles. The molecular formula is C13H13F2NO. The largest absolute Gasteiger partial charge is 0.300 e. The van der Waals surface area contributed by atoms with Crippen LogP contribution in [0.15, 0.2) is 23.6 Å². The number of ketones is 1. The zero-order valence-corrected chi connectivity index (χ0v) is 9.38. The number of Topliss-reactive ketones (excluding diaryl/α,β-unsaturated/α-hetero) is 1. The summed E-state index contributed by atoms with van der Waals surface area (Å²) in [6.07, 6.45) is 2.34. The van der Waals surface area contributed by atoms with Gasteiger partial charge in [0.1, 0.15) is 17.8 Å². The highest BCUT2D eigenvalue weighted by molar-refractivity contribution is 5.79. The molecule has 0 spiro atoms. The Labute approximate surface area is 98.6 Å². The van der Waals surface area contributed by atoms with Gasteiger partial charge in [-0.25, -0.2) is 8.78 Å². The van der Waals surface area contributed by atoms with Crippen LogP contribution >= 0.6 is 0 Å². The van der Waals surface area contributed by atoms with Crippen molar-refractivity contribution >= 4 is 5.78 Å². The molecule has 0 aromatic heterocycles. The van der Waals surface area contributed by atoms with E-state index in [1.165, 1.54) is 12.2 Å². The molecule has 0 radical (unpaired) electrons. The molecule has 1 saturated carbocycles. The second-order valence-corrected chi connectivity index (χ2v) is 4.67. The maximum atomic E-state index is 13.3. The van der Waals surface area contributed by atoms with Crippen LogP contribution in [0.1, 0.15) is 32.1 Å². The minimum absolute atomic E-state index is 0.119. The lowest BCUT2D eigenvalue weighted by Gasteiger charge is -2.32. The molecule has 4 heteroatoms. The molecular weight excluding hydrogens is 224 g/mol. The lowest BCUT2D eigenvalue weighted by Crippen LogP contribution is -2.29. The fourth-order valence-electron chi connectivity index (χ4n) is 2.43. The monoisotopic (exact) mass is 237 g/mol. The first-order chi connectivity index (χ1) is 8.05. The minimum atomic E-state index is -1.36. The van der Waals surface area contributed by atoms with Crippen LogP contribution in [0.25, 0.3) is 0 Å². The van der Waals surface area contributed by atoms with Crippen molar-refractivity contribution < 1.29 is 13.6 Å². The average molecular weight is 237 g/mol. The fourth-order valence-corrected chi connectivity index (χ4v) is 2.43. The number of nitrogens with zero attached hydrogens (tertiary/aromatic N) is 1. The van der Waals surface area contributed by atoms with Crippen LogP contribution < -0.4 is 0 Å². The molecule has 0 heterocycles. The van der Waals surface area contributed by atoms with E-state index in [1.54, 1.807) is 0 Å². The molecule has 90 valence electrons. The first-order valence-corrected chi connectivity index (χ1v) is 5.71. The molecule has 2 rings (SSSR count). The van der Waals surface area contributed by atoms with Gasteiger partial charge in [0.15, 0.2) is 0 Å². The van der Waals surface area contributed by atoms with E-state index in [4.69, 9.17) is 0 Å². The average Bonchev–Trinajstić information content (AvgIpc) is 2.29. The topological polar surface area (TPSA) is 40.9 Å². The van der Waals surface area contributed by atoms with Gasteiger partial charge in [0.05, 0.1) is 11.5 Å². The molecule has 2 nitrogen and oxygen atoms in total. The van der Waals surface area contributed by atoms with Gasteiger partial charge in [0.25, 0.3) is 0 Å². The number of hydrogen-bond acceptors (Lipinski definition) is 2. The van der Waals surface area contributed by atoms with Gasteiger partial charge in [-0.15, -0.1) is 0 Å². The Morgan fingerprint density at radius 1 is 1.41 bits per heavy atom. The van der Waals surface area contributed by atoms with Crippen LogP contribution in [0.3, 0.4) is 0 Å². The summed E-state index contributed by atoms with van der Waals surface area (Å²) in [5.74, 6) is -0.407. The maximum Gasteiger partial charge on any atom is 0.133 e. The van der Waals surface area contributed by atoms with Crippen molar-refractivity contribution in [1.29, 1.82) is 5.26 Å². The van der Waals surface area contributed by atoms with Gasteiger partial charge in [0.2, 0.25) is 0 Å². The lowest BCUT2D eigenvalue weighted by molar-refractivity contribution is -0.121. The summed E-state index contributed by atoms with van der Waals surface area (Å²) in [5, 5.41) is 9.28. The van der Waals surface area contributed by atoms with Gasteiger partial charge in [0, 0.05) is 19.3 Å². The number of rotatable bonds is 1. The van der Waals surface area contributed by atoms with Crippen LogP contribution in [0, 0.1) is 16.7 Å². The summed E-state index contributed by atoms with van der Waals surface area (Å²) in [7, 11) is 0. The summed E-state index contributed by atoms with van der Waals surface area (Å²) < 4.78 is 26.5. The van der Waals surface area contributed by atoms with Crippen LogP contribution in [0.4, 0.5) is 8.78 Å². The Morgan fingerprint density at radius 2 is 2.06 bits per heavy atom. The Kier molecular flexibility index (Phi) is 3.10. The second-order valence-electron chi connectivity index (χ2n) is 4.67. The standard InChI is InChI=1S/C13H13F2NO/c14-10-5-9(6-11(15)7-10)13(8-16)3-1-12(17)2-4-13/h5-6,10H,1-4,7H2.